The smallest absolute Gasteiger partial charge is 0.133 e. The Morgan fingerprint density at radius 3 is 2.20 bits per heavy atom. The molecule has 2 fully saturated rings. The van der Waals surface area contributed by atoms with E-state index in [1.165, 1.54) is 12.8 Å². The Morgan fingerprint density at radius 1 is 1.30 bits per heavy atom. The summed E-state index contributed by atoms with van der Waals surface area (Å²) in [5.74, 6) is 3.41. The van der Waals surface area contributed by atoms with Gasteiger partial charge >= 0.3 is 0 Å². The highest BCUT2D eigenvalue weighted by atomic mass is 16.1. The van der Waals surface area contributed by atoms with Crippen LogP contribution in [0.2, 0.25) is 0 Å². The highest BCUT2D eigenvalue weighted by Crippen LogP contribution is 2.59. The van der Waals surface area contributed by atoms with Crippen LogP contribution in [0.25, 0.3) is 0 Å². The first-order chi connectivity index (χ1) is 4.70. The lowest BCUT2D eigenvalue weighted by Crippen LogP contribution is -2.03. The zero-order chi connectivity index (χ0) is 7.30. The van der Waals surface area contributed by atoms with Crippen LogP contribution in [0, 0.1) is 23.7 Å². The Balaban J connectivity index is 1.98. The van der Waals surface area contributed by atoms with Gasteiger partial charge in [-0.3, -0.25) is 4.79 Å². The summed E-state index contributed by atoms with van der Waals surface area (Å²) < 4.78 is 0. The first kappa shape index (κ1) is 6.38. The molecule has 2 saturated carbocycles. The summed E-state index contributed by atoms with van der Waals surface area (Å²) in [6, 6.07) is 0. The van der Waals surface area contributed by atoms with Gasteiger partial charge in [-0.1, -0.05) is 6.92 Å². The molecule has 0 amide bonds. The first-order valence-corrected chi connectivity index (χ1v) is 4.20. The third-order valence-corrected chi connectivity index (χ3v) is 3.15. The number of Topliss-reactive ketones (excluding diaryl/α,β-unsaturated/α-hetero) is 1. The van der Waals surface area contributed by atoms with E-state index in [0.29, 0.717) is 11.7 Å². The van der Waals surface area contributed by atoms with E-state index in [2.05, 4.69) is 6.92 Å². The lowest BCUT2D eigenvalue weighted by Gasteiger charge is -2.04. The predicted octanol–water partition coefficient (Wildman–Crippen LogP) is 1.87. The summed E-state index contributed by atoms with van der Waals surface area (Å²) in [5, 5.41) is 0. The normalized spacial score (nSPS) is 50.6. The van der Waals surface area contributed by atoms with Crippen molar-refractivity contribution in [2.45, 2.75) is 26.7 Å². The molecule has 56 valence electrons. The SMILES string of the molecule is CC(=O)C1[C@H]2CC(C)C[C@@H]12. The molecule has 0 N–H and O–H groups in total. The number of hydrogen-bond donors (Lipinski definition) is 0. The topological polar surface area (TPSA) is 17.1 Å². The van der Waals surface area contributed by atoms with E-state index in [1.807, 2.05) is 0 Å². The first-order valence-electron chi connectivity index (χ1n) is 4.20. The molecule has 0 aliphatic heterocycles. The zero-order valence-corrected chi connectivity index (χ0v) is 6.63. The van der Waals surface area contributed by atoms with Crippen molar-refractivity contribution in [3.05, 3.63) is 0 Å². The highest BCUT2D eigenvalue weighted by Gasteiger charge is 2.56. The van der Waals surface area contributed by atoms with Crippen molar-refractivity contribution in [2.24, 2.45) is 23.7 Å². The second-order valence-corrected chi connectivity index (χ2v) is 4.04. The van der Waals surface area contributed by atoms with Gasteiger partial charge in [0.25, 0.3) is 0 Å². The van der Waals surface area contributed by atoms with E-state index in [-0.39, 0.29) is 0 Å². The fraction of sp³-hybridized carbons (Fsp3) is 0.889. The van der Waals surface area contributed by atoms with Gasteiger partial charge in [-0.25, -0.2) is 0 Å². The largest absolute Gasteiger partial charge is 0.300 e. The lowest BCUT2D eigenvalue weighted by molar-refractivity contribution is -0.118. The van der Waals surface area contributed by atoms with Gasteiger partial charge in [0.1, 0.15) is 5.78 Å². The second-order valence-electron chi connectivity index (χ2n) is 4.04. The maximum Gasteiger partial charge on any atom is 0.133 e. The van der Waals surface area contributed by atoms with Gasteiger partial charge in [-0.05, 0) is 37.5 Å². The molecule has 0 aromatic heterocycles. The van der Waals surface area contributed by atoms with Crippen molar-refractivity contribution in [1.82, 2.24) is 0 Å². The van der Waals surface area contributed by atoms with E-state index in [1.54, 1.807) is 6.92 Å². The third-order valence-electron chi connectivity index (χ3n) is 3.15. The number of hydrogen-bond acceptors (Lipinski definition) is 1. The molecule has 2 aliphatic carbocycles. The van der Waals surface area contributed by atoms with Crippen molar-refractivity contribution in [2.75, 3.05) is 0 Å². The van der Waals surface area contributed by atoms with Crippen LogP contribution in [0.4, 0.5) is 0 Å². The summed E-state index contributed by atoms with van der Waals surface area (Å²) in [6.45, 7) is 4.04. The van der Waals surface area contributed by atoms with Gasteiger partial charge < -0.3 is 0 Å². The van der Waals surface area contributed by atoms with Crippen LogP contribution < -0.4 is 0 Å². The minimum absolute atomic E-state index is 0.432. The van der Waals surface area contributed by atoms with Crippen LogP contribution in [0.5, 0.6) is 0 Å². The van der Waals surface area contributed by atoms with Crippen LogP contribution in [-0.4, -0.2) is 5.78 Å². The van der Waals surface area contributed by atoms with Gasteiger partial charge in [0.05, 0.1) is 0 Å². The Hall–Kier alpha value is -0.330. The fourth-order valence-corrected chi connectivity index (χ4v) is 2.72. The third kappa shape index (κ3) is 0.727. The molecule has 2 rings (SSSR count). The van der Waals surface area contributed by atoms with Crippen LogP contribution in [0.3, 0.4) is 0 Å². The summed E-state index contributed by atoms with van der Waals surface area (Å²) in [5.41, 5.74) is 0. The second kappa shape index (κ2) is 1.84. The molecule has 2 unspecified atom stereocenters. The van der Waals surface area contributed by atoms with Crippen molar-refractivity contribution < 1.29 is 4.79 Å². The summed E-state index contributed by atoms with van der Waals surface area (Å²) in [6.07, 6.45) is 2.63. The summed E-state index contributed by atoms with van der Waals surface area (Å²) >= 11 is 0. The standard InChI is InChI=1S/C9H14O/c1-5-3-7-8(4-5)9(7)6(2)10/h5,7-9H,3-4H2,1-2H3/t5?,7-,8+,9?. The van der Waals surface area contributed by atoms with E-state index in [9.17, 15) is 4.79 Å². The van der Waals surface area contributed by atoms with Crippen molar-refractivity contribution in [3.63, 3.8) is 0 Å². The van der Waals surface area contributed by atoms with Crippen molar-refractivity contribution in [1.29, 1.82) is 0 Å². The molecule has 1 nitrogen and oxygen atoms in total. The van der Waals surface area contributed by atoms with Gasteiger partial charge in [0.15, 0.2) is 0 Å². The molecular formula is C9H14O. The molecule has 0 aromatic carbocycles. The van der Waals surface area contributed by atoms with Gasteiger partial charge in [-0.15, -0.1) is 0 Å². The minimum atomic E-state index is 0.432. The Kier molecular flexibility index (Phi) is 1.17. The average molecular weight is 138 g/mol. The monoisotopic (exact) mass is 138 g/mol. The van der Waals surface area contributed by atoms with Crippen LogP contribution in [-0.2, 0) is 4.79 Å². The van der Waals surface area contributed by atoms with E-state index < -0.39 is 0 Å². The van der Waals surface area contributed by atoms with Gasteiger partial charge in [0, 0.05) is 5.92 Å². The van der Waals surface area contributed by atoms with Crippen LogP contribution in [0.15, 0.2) is 0 Å². The maximum absolute atomic E-state index is 10.9. The summed E-state index contributed by atoms with van der Waals surface area (Å²) in [7, 11) is 0. The molecule has 2 aliphatic rings. The molecule has 0 heterocycles. The number of fused-ring (bicyclic) bond motifs is 1. The molecule has 10 heavy (non-hydrogen) atoms. The Morgan fingerprint density at radius 2 is 1.80 bits per heavy atom. The number of rotatable bonds is 1. The molecular weight excluding hydrogens is 124 g/mol. The average Bonchev–Trinajstić information content (AvgIpc) is 2.32. The predicted molar refractivity (Wildman–Crippen MR) is 39.5 cm³/mol. The van der Waals surface area contributed by atoms with Gasteiger partial charge in [-0.2, -0.15) is 0 Å². The number of carbonyl (C=O) groups is 1. The van der Waals surface area contributed by atoms with Crippen LogP contribution >= 0.6 is 0 Å². The lowest BCUT2D eigenvalue weighted by atomic mass is 10.0. The van der Waals surface area contributed by atoms with E-state index in [4.69, 9.17) is 0 Å². The van der Waals surface area contributed by atoms with E-state index >= 15 is 0 Å². The summed E-state index contributed by atoms with van der Waals surface area (Å²) in [4.78, 5) is 10.9. The van der Waals surface area contributed by atoms with E-state index in [0.717, 1.165) is 17.8 Å². The molecule has 0 radical (unpaired) electrons. The number of ketones is 1. The Labute approximate surface area is 61.8 Å². The van der Waals surface area contributed by atoms with Gasteiger partial charge in [0.2, 0.25) is 0 Å². The maximum atomic E-state index is 10.9. The quantitative estimate of drug-likeness (QED) is 0.540. The number of carbonyl (C=O) groups excluding carboxylic acids is 1. The Bertz CT molecular complexity index is 162. The van der Waals surface area contributed by atoms with Crippen LogP contribution in [0.1, 0.15) is 26.7 Å². The molecule has 4 atom stereocenters. The molecule has 0 aromatic rings. The molecule has 0 saturated heterocycles. The molecule has 1 heteroatoms. The minimum Gasteiger partial charge on any atom is -0.300 e. The molecule has 0 bridgehead atoms. The fourth-order valence-electron chi connectivity index (χ4n) is 2.72. The highest BCUT2D eigenvalue weighted by molar-refractivity contribution is 5.82. The van der Waals surface area contributed by atoms with Crippen molar-refractivity contribution in [3.8, 4) is 0 Å². The van der Waals surface area contributed by atoms with Crippen molar-refractivity contribution >= 4 is 5.78 Å². The molecule has 0 spiro atoms. The zero-order valence-electron chi connectivity index (χ0n) is 6.63.